The number of fused-ring (bicyclic) bond motifs is 5. The van der Waals surface area contributed by atoms with Crippen LogP contribution in [-0.4, -0.2) is 4.57 Å². The Morgan fingerprint density at radius 2 is 0.875 bits per heavy atom. The third-order valence-corrected chi connectivity index (χ3v) is 12.4. The molecule has 1 aliphatic carbocycles. The first-order chi connectivity index (χ1) is 27.2. The molecule has 272 valence electrons. The highest BCUT2D eigenvalue weighted by atomic mass is 15.1. The maximum absolute atomic E-state index is 2.51. The number of anilines is 3. The largest absolute Gasteiger partial charge is 0.310 e. The topological polar surface area (TPSA) is 8.17 Å². The fourth-order valence-corrected chi connectivity index (χ4v) is 9.14. The van der Waals surface area contributed by atoms with Crippen molar-refractivity contribution in [1.29, 1.82) is 0 Å². The van der Waals surface area contributed by atoms with E-state index in [0.29, 0.717) is 0 Å². The van der Waals surface area contributed by atoms with Gasteiger partial charge >= 0.3 is 0 Å². The molecule has 0 aliphatic heterocycles. The number of benzene rings is 8. The minimum Gasteiger partial charge on any atom is -0.310 e. The number of nitrogens with zero attached hydrogens (tertiary/aromatic N) is 2. The molecule has 1 aromatic heterocycles. The van der Waals surface area contributed by atoms with Gasteiger partial charge in [-0.15, -0.1) is 0 Å². The van der Waals surface area contributed by atoms with E-state index >= 15 is 0 Å². The van der Waals surface area contributed by atoms with Crippen molar-refractivity contribution in [3.63, 3.8) is 0 Å². The van der Waals surface area contributed by atoms with Gasteiger partial charge in [0, 0.05) is 33.5 Å². The Kier molecular flexibility index (Phi) is 8.01. The van der Waals surface area contributed by atoms with Crippen molar-refractivity contribution in [2.24, 2.45) is 0 Å². The summed E-state index contributed by atoms with van der Waals surface area (Å²) in [4.78, 5) is 2.40. The average molecular weight is 723 g/mol. The Morgan fingerprint density at radius 3 is 1.46 bits per heavy atom. The first-order valence-corrected chi connectivity index (χ1v) is 20.0. The van der Waals surface area contributed by atoms with E-state index in [-0.39, 0.29) is 10.8 Å². The Morgan fingerprint density at radius 1 is 0.393 bits per heavy atom. The van der Waals surface area contributed by atoms with Crippen LogP contribution >= 0.6 is 0 Å². The first-order valence-electron chi connectivity index (χ1n) is 20.0. The van der Waals surface area contributed by atoms with Crippen LogP contribution in [0.5, 0.6) is 0 Å². The molecule has 0 amide bonds. The van der Waals surface area contributed by atoms with Crippen LogP contribution in [0, 0.1) is 0 Å². The first kappa shape index (κ1) is 34.1. The molecule has 0 spiro atoms. The summed E-state index contributed by atoms with van der Waals surface area (Å²) < 4.78 is 2.51. The second-order valence-corrected chi connectivity index (χ2v) is 16.9. The molecule has 1 heterocycles. The number of aromatic nitrogens is 1. The predicted octanol–water partition coefficient (Wildman–Crippen LogP) is 15.1. The summed E-state index contributed by atoms with van der Waals surface area (Å²) in [5.74, 6) is 0. The van der Waals surface area contributed by atoms with Gasteiger partial charge in [-0.2, -0.15) is 0 Å². The maximum Gasteiger partial charge on any atom is 0.0547 e. The molecule has 0 radical (unpaired) electrons. The van der Waals surface area contributed by atoms with Gasteiger partial charge in [0.05, 0.1) is 11.0 Å². The van der Waals surface area contributed by atoms with Gasteiger partial charge in [0.15, 0.2) is 0 Å². The standard InChI is InChI=1S/C54H46N2/c1-53(2)31-32-54(3,4)50-36-46(27-29-49(50)53)56-51-30-28-45(35-48(51)47-33-41-17-11-12-18-42(41)34-52(47)56)55(43-23-19-39(20-24-43)37-13-7-5-8-14-37)44-25-21-40(22-26-44)38-15-9-6-10-16-38/h5-30,33-36H,31-32H2,1-4H3. The third-order valence-electron chi connectivity index (χ3n) is 12.4. The SMILES string of the molecule is CC1(C)CCC(C)(C)c2cc(-n3c4ccc(N(c5ccc(-c6ccccc6)cc5)c5ccc(-c6ccccc6)cc5)cc4c4cc5ccccc5cc43)ccc21. The zero-order chi connectivity index (χ0) is 38.0. The molecule has 10 rings (SSSR count). The molecule has 0 N–H and O–H groups in total. The minimum absolute atomic E-state index is 0.117. The third kappa shape index (κ3) is 5.80. The lowest BCUT2D eigenvalue weighted by Crippen LogP contribution is -2.33. The van der Waals surface area contributed by atoms with Crippen molar-refractivity contribution in [2.75, 3.05) is 4.90 Å². The zero-order valence-electron chi connectivity index (χ0n) is 32.6. The quantitative estimate of drug-likeness (QED) is 0.166. The number of hydrogen-bond donors (Lipinski definition) is 0. The molecule has 0 bridgehead atoms. The molecule has 0 fully saturated rings. The highest BCUT2D eigenvalue weighted by Gasteiger charge is 2.37. The summed E-state index contributed by atoms with van der Waals surface area (Å²) in [7, 11) is 0. The van der Waals surface area contributed by atoms with Crippen molar-refractivity contribution < 1.29 is 0 Å². The molecule has 0 unspecified atom stereocenters. The molecule has 0 saturated heterocycles. The summed E-state index contributed by atoms with van der Waals surface area (Å²) in [5.41, 5.74) is 15.1. The summed E-state index contributed by atoms with van der Waals surface area (Å²) in [6, 6.07) is 67.1. The summed E-state index contributed by atoms with van der Waals surface area (Å²) in [5, 5.41) is 5.01. The van der Waals surface area contributed by atoms with E-state index in [1.807, 2.05) is 0 Å². The lowest BCUT2D eigenvalue weighted by atomic mass is 9.63. The smallest absolute Gasteiger partial charge is 0.0547 e. The molecule has 0 saturated carbocycles. The summed E-state index contributed by atoms with van der Waals surface area (Å²) in [6.07, 6.45) is 2.39. The highest BCUT2D eigenvalue weighted by molar-refractivity contribution is 6.14. The van der Waals surface area contributed by atoms with E-state index in [1.165, 1.54) is 84.5 Å². The van der Waals surface area contributed by atoms with Crippen LogP contribution < -0.4 is 4.90 Å². The van der Waals surface area contributed by atoms with E-state index in [4.69, 9.17) is 0 Å². The lowest BCUT2D eigenvalue weighted by molar-refractivity contribution is 0.332. The van der Waals surface area contributed by atoms with Crippen LogP contribution in [-0.2, 0) is 10.8 Å². The predicted molar refractivity (Wildman–Crippen MR) is 239 cm³/mol. The lowest BCUT2D eigenvalue weighted by Gasteiger charge is -2.42. The van der Waals surface area contributed by atoms with E-state index in [1.54, 1.807) is 0 Å². The molecule has 9 aromatic rings. The van der Waals surface area contributed by atoms with Gasteiger partial charge < -0.3 is 9.47 Å². The molecule has 2 nitrogen and oxygen atoms in total. The Labute approximate surface area is 330 Å². The Balaban J connectivity index is 1.18. The van der Waals surface area contributed by atoms with Gasteiger partial charge in [-0.3, -0.25) is 0 Å². The van der Waals surface area contributed by atoms with Gasteiger partial charge in [-0.25, -0.2) is 0 Å². The van der Waals surface area contributed by atoms with Gasteiger partial charge in [0.25, 0.3) is 0 Å². The molecule has 1 aliphatic rings. The van der Waals surface area contributed by atoms with Crippen LogP contribution in [0.2, 0.25) is 0 Å². The Bertz CT molecular complexity index is 2800. The van der Waals surface area contributed by atoms with Gasteiger partial charge in [-0.1, -0.05) is 143 Å². The minimum atomic E-state index is 0.117. The Hall–Kier alpha value is -6.38. The van der Waals surface area contributed by atoms with E-state index in [9.17, 15) is 0 Å². The van der Waals surface area contributed by atoms with Crippen molar-refractivity contribution in [1.82, 2.24) is 4.57 Å². The van der Waals surface area contributed by atoms with Crippen LogP contribution in [0.1, 0.15) is 51.7 Å². The van der Waals surface area contributed by atoms with Gasteiger partial charge in [0.1, 0.15) is 0 Å². The van der Waals surface area contributed by atoms with Crippen molar-refractivity contribution in [2.45, 2.75) is 51.4 Å². The monoisotopic (exact) mass is 722 g/mol. The van der Waals surface area contributed by atoms with Crippen molar-refractivity contribution in [3.8, 4) is 27.9 Å². The summed E-state index contributed by atoms with van der Waals surface area (Å²) >= 11 is 0. The highest BCUT2D eigenvalue weighted by Crippen LogP contribution is 2.47. The van der Waals surface area contributed by atoms with Crippen molar-refractivity contribution >= 4 is 49.6 Å². The second-order valence-electron chi connectivity index (χ2n) is 16.9. The fraction of sp³-hybridized carbons (Fsp3) is 0.148. The van der Waals surface area contributed by atoms with Crippen molar-refractivity contribution in [3.05, 3.63) is 193 Å². The van der Waals surface area contributed by atoms with Crippen LogP contribution in [0.4, 0.5) is 17.1 Å². The maximum atomic E-state index is 2.51. The number of rotatable bonds is 6. The zero-order valence-corrected chi connectivity index (χ0v) is 32.6. The number of hydrogen-bond acceptors (Lipinski definition) is 1. The second kappa shape index (κ2) is 13.1. The van der Waals surface area contributed by atoms with Crippen LogP contribution in [0.25, 0.3) is 60.5 Å². The fourth-order valence-electron chi connectivity index (χ4n) is 9.14. The molecule has 2 heteroatoms. The molecule has 56 heavy (non-hydrogen) atoms. The van der Waals surface area contributed by atoms with Gasteiger partial charge in [-0.05, 0) is 135 Å². The van der Waals surface area contributed by atoms with E-state index in [2.05, 4.69) is 219 Å². The van der Waals surface area contributed by atoms with E-state index in [0.717, 1.165) is 17.1 Å². The van der Waals surface area contributed by atoms with Gasteiger partial charge in [0.2, 0.25) is 0 Å². The average Bonchev–Trinajstić information content (AvgIpc) is 3.55. The van der Waals surface area contributed by atoms with Crippen LogP contribution in [0.15, 0.2) is 182 Å². The molecular weight excluding hydrogens is 677 g/mol. The summed E-state index contributed by atoms with van der Waals surface area (Å²) in [6.45, 7) is 9.66. The molecule has 0 atom stereocenters. The molecule has 8 aromatic carbocycles. The van der Waals surface area contributed by atoms with E-state index < -0.39 is 0 Å². The van der Waals surface area contributed by atoms with Crippen LogP contribution in [0.3, 0.4) is 0 Å². The molecular formula is C54H46N2. The normalized spacial score (nSPS) is 14.6.